The van der Waals surface area contributed by atoms with Gasteiger partial charge in [-0.05, 0) is 75.4 Å². The van der Waals surface area contributed by atoms with Crippen LogP contribution in [-0.2, 0) is 10.0 Å². The quantitative estimate of drug-likeness (QED) is 0.176. The minimum Gasteiger partial charge on any atom is -0.493 e. The highest BCUT2D eigenvalue weighted by atomic mass is 32.2. The van der Waals surface area contributed by atoms with Gasteiger partial charge in [0, 0.05) is 11.6 Å². The number of benzene rings is 1. The topological polar surface area (TPSA) is 146 Å². The summed E-state index contributed by atoms with van der Waals surface area (Å²) in [6.45, 7) is 13.0. The van der Waals surface area contributed by atoms with Crippen LogP contribution in [0.4, 0.5) is 10.2 Å². The van der Waals surface area contributed by atoms with E-state index in [0.29, 0.717) is 29.2 Å². The SMILES string of the molecule is C=N/C(C)=C(Oc1nc(-c2cc(F)cc(OCC(C)C)c2)ccc1C(=O)NS(=O)(=O)c1cccc(N)n1)\C(C)=C/C. The average Bonchev–Trinajstić information content (AvgIpc) is 2.93. The normalized spacial score (nSPS) is 12.5. The number of amides is 1. The van der Waals surface area contributed by atoms with Crippen molar-refractivity contribution < 1.29 is 27.1 Å². The van der Waals surface area contributed by atoms with Gasteiger partial charge in [-0.25, -0.2) is 19.1 Å². The van der Waals surface area contributed by atoms with Gasteiger partial charge in [-0.2, -0.15) is 8.42 Å². The van der Waals surface area contributed by atoms with Crippen molar-refractivity contribution in [2.75, 3.05) is 12.3 Å². The highest BCUT2D eigenvalue weighted by molar-refractivity contribution is 7.90. The molecule has 10 nitrogen and oxygen atoms in total. The summed E-state index contributed by atoms with van der Waals surface area (Å²) in [5.41, 5.74) is 7.03. The Balaban J connectivity index is 2.12. The van der Waals surface area contributed by atoms with Crippen LogP contribution in [0.1, 0.15) is 45.0 Å². The fraction of sp³-hybridized carbons (Fsp3) is 0.241. The minimum atomic E-state index is -4.40. The number of anilines is 1. The summed E-state index contributed by atoms with van der Waals surface area (Å²) in [5, 5.41) is -0.441. The van der Waals surface area contributed by atoms with E-state index in [4.69, 9.17) is 15.2 Å². The van der Waals surface area contributed by atoms with Crippen LogP contribution >= 0.6 is 0 Å². The smallest absolute Gasteiger partial charge is 0.281 e. The Morgan fingerprint density at radius 3 is 2.54 bits per heavy atom. The van der Waals surface area contributed by atoms with Gasteiger partial charge in [-0.3, -0.25) is 9.79 Å². The van der Waals surface area contributed by atoms with Gasteiger partial charge in [0.2, 0.25) is 5.88 Å². The van der Waals surface area contributed by atoms with Gasteiger partial charge in [0.05, 0.1) is 18.0 Å². The third-order valence-corrected chi connectivity index (χ3v) is 6.89. The van der Waals surface area contributed by atoms with Crippen LogP contribution in [0.15, 0.2) is 81.7 Å². The second kappa shape index (κ2) is 13.2. The molecule has 0 bridgehead atoms. The number of halogens is 1. The Morgan fingerprint density at radius 1 is 1.17 bits per heavy atom. The maximum atomic E-state index is 14.5. The molecular formula is C29H32FN5O5S. The lowest BCUT2D eigenvalue weighted by molar-refractivity contribution is 0.0978. The number of hydrogen-bond acceptors (Lipinski definition) is 9. The van der Waals surface area contributed by atoms with Gasteiger partial charge in [0.1, 0.15) is 22.9 Å². The third kappa shape index (κ3) is 7.98. The van der Waals surface area contributed by atoms with E-state index in [0.717, 1.165) is 0 Å². The first-order chi connectivity index (χ1) is 19.3. The van der Waals surface area contributed by atoms with Crippen LogP contribution in [0.5, 0.6) is 11.6 Å². The number of aromatic nitrogens is 2. The zero-order valence-electron chi connectivity index (χ0n) is 23.4. The largest absolute Gasteiger partial charge is 0.493 e. The lowest BCUT2D eigenvalue weighted by atomic mass is 10.1. The van der Waals surface area contributed by atoms with Crippen LogP contribution in [0, 0.1) is 11.7 Å². The van der Waals surface area contributed by atoms with Crippen molar-refractivity contribution in [3.63, 3.8) is 0 Å². The molecule has 0 aliphatic heterocycles. The number of carbonyl (C=O) groups excluding carboxylic acids is 1. The minimum absolute atomic E-state index is 0.0359. The van der Waals surface area contributed by atoms with Gasteiger partial charge in [-0.1, -0.05) is 26.0 Å². The summed E-state index contributed by atoms with van der Waals surface area (Å²) in [7, 11) is -4.40. The molecule has 3 rings (SSSR count). The molecular weight excluding hydrogens is 549 g/mol. The fourth-order valence-corrected chi connectivity index (χ4v) is 4.40. The number of nitrogen functional groups attached to an aromatic ring is 1. The number of aliphatic imine (C=N–C) groups is 1. The van der Waals surface area contributed by atoms with Gasteiger partial charge < -0.3 is 15.2 Å². The van der Waals surface area contributed by atoms with E-state index in [2.05, 4.69) is 21.7 Å². The molecule has 3 N–H and O–H groups in total. The first-order valence-electron chi connectivity index (χ1n) is 12.6. The molecule has 12 heteroatoms. The van der Waals surface area contributed by atoms with E-state index in [1.807, 2.05) is 18.6 Å². The fourth-order valence-electron chi connectivity index (χ4n) is 3.46. The van der Waals surface area contributed by atoms with Crippen molar-refractivity contribution in [2.24, 2.45) is 10.9 Å². The lowest BCUT2D eigenvalue weighted by Crippen LogP contribution is -2.31. The second-order valence-corrected chi connectivity index (χ2v) is 11.0. The summed E-state index contributed by atoms with van der Waals surface area (Å²) in [4.78, 5) is 25.5. The maximum Gasteiger partial charge on any atom is 0.281 e. The molecule has 0 unspecified atom stereocenters. The Morgan fingerprint density at radius 2 is 1.90 bits per heavy atom. The van der Waals surface area contributed by atoms with Crippen molar-refractivity contribution in [1.29, 1.82) is 0 Å². The number of sulfonamides is 1. The van der Waals surface area contributed by atoms with E-state index in [1.165, 1.54) is 42.5 Å². The summed E-state index contributed by atoms with van der Waals surface area (Å²) in [6.07, 6.45) is 1.76. The zero-order chi connectivity index (χ0) is 30.3. The second-order valence-electron chi connectivity index (χ2n) is 9.41. The van der Waals surface area contributed by atoms with Crippen LogP contribution in [-0.4, -0.2) is 37.6 Å². The summed E-state index contributed by atoms with van der Waals surface area (Å²) in [5.74, 6) is -1.09. The van der Waals surface area contributed by atoms with E-state index in [1.54, 1.807) is 32.9 Å². The highest BCUT2D eigenvalue weighted by Crippen LogP contribution is 2.30. The Kier molecular flexibility index (Phi) is 9.95. The Labute approximate surface area is 238 Å². The molecule has 0 spiro atoms. The van der Waals surface area contributed by atoms with Crippen molar-refractivity contribution in [3.8, 4) is 22.9 Å². The number of pyridine rings is 2. The molecule has 216 valence electrons. The van der Waals surface area contributed by atoms with Crippen molar-refractivity contribution in [2.45, 2.75) is 39.6 Å². The maximum absolute atomic E-state index is 14.5. The number of nitrogens with two attached hydrogens (primary N) is 1. The molecule has 0 aliphatic rings. The molecule has 2 aromatic heterocycles. The molecule has 2 heterocycles. The van der Waals surface area contributed by atoms with E-state index in [-0.39, 0.29) is 34.6 Å². The number of allylic oxidation sites excluding steroid dienone is 3. The summed E-state index contributed by atoms with van der Waals surface area (Å²) < 4.78 is 54.0. The average molecular weight is 582 g/mol. The summed E-state index contributed by atoms with van der Waals surface area (Å²) in [6, 6.07) is 10.9. The number of hydrogen-bond donors (Lipinski definition) is 2. The highest BCUT2D eigenvalue weighted by Gasteiger charge is 2.25. The first kappa shape index (κ1) is 31.0. The van der Waals surface area contributed by atoms with Gasteiger partial charge >= 0.3 is 0 Å². The number of nitrogens with zero attached hydrogens (tertiary/aromatic N) is 3. The third-order valence-electron chi connectivity index (χ3n) is 5.66. The molecule has 1 amide bonds. The van der Waals surface area contributed by atoms with Crippen LogP contribution in [0.25, 0.3) is 11.3 Å². The molecule has 0 aliphatic carbocycles. The van der Waals surface area contributed by atoms with Crippen molar-refractivity contribution in [3.05, 3.63) is 83.0 Å². The van der Waals surface area contributed by atoms with Crippen LogP contribution in [0.2, 0.25) is 0 Å². The van der Waals surface area contributed by atoms with E-state index < -0.39 is 26.8 Å². The Bertz CT molecular complexity index is 1630. The molecule has 0 saturated heterocycles. The number of ether oxygens (including phenoxy) is 2. The predicted molar refractivity (Wildman–Crippen MR) is 156 cm³/mol. The standard InChI is InChI=1S/C29H32FN5O5S/c1-7-18(4)27(19(5)32-6)40-29-23(28(36)35-41(37,38)26-10-8-9-25(31)34-26)11-12-24(33-29)20-13-21(30)15-22(14-20)39-16-17(2)3/h7-15,17H,6,16H2,1-5H3,(H2,31,34)(H,35,36)/b18-7-,27-19+. The molecule has 0 fully saturated rings. The zero-order valence-corrected chi connectivity index (χ0v) is 24.3. The summed E-state index contributed by atoms with van der Waals surface area (Å²) >= 11 is 0. The molecule has 0 radical (unpaired) electrons. The van der Waals surface area contributed by atoms with Crippen molar-refractivity contribution >= 4 is 28.5 Å². The number of carbonyl (C=O) groups is 1. The van der Waals surface area contributed by atoms with E-state index >= 15 is 0 Å². The predicted octanol–water partition coefficient (Wildman–Crippen LogP) is 5.30. The molecule has 3 aromatic rings. The molecule has 0 atom stereocenters. The van der Waals surface area contributed by atoms with Gasteiger partial charge in [0.15, 0.2) is 10.8 Å². The van der Waals surface area contributed by atoms with Gasteiger partial charge in [0.25, 0.3) is 15.9 Å². The van der Waals surface area contributed by atoms with Crippen LogP contribution < -0.4 is 19.9 Å². The number of rotatable bonds is 11. The molecule has 0 saturated carbocycles. The van der Waals surface area contributed by atoms with Crippen molar-refractivity contribution in [1.82, 2.24) is 14.7 Å². The molecule has 1 aromatic carbocycles. The van der Waals surface area contributed by atoms with E-state index in [9.17, 15) is 17.6 Å². The first-order valence-corrected chi connectivity index (χ1v) is 14.1. The monoisotopic (exact) mass is 581 g/mol. The Hall–Kier alpha value is -4.58. The number of nitrogens with one attached hydrogen (secondary N) is 1. The van der Waals surface area contributed by atoms with Gasteiger partial charge in [-0.15, -0.1) is 0 Å². The van der Waals surface area contributed by atoms with Crippen LogP contribution in [0.3, 0.4) is 0 Å². The molecule has 41 heavy (non-hydrogen) atoms. The lowest BCUT2D eigenvalue weighted by Gasteiger charge is -2.16.